The molecule has 0 atom stereocenters. The summed E-state index contributed by atoms with van der Waals surface area (Å²) in [4.78, 5) is 12.6. The Labute approximate surface area is 141 Å². The van der Waals surface area contributed by atoms with E-state index in [4.69, 9.17) is 4.74 Å². The molecule has 1 heterocycles. The zero-order valence-corrected chi connectivity index (χ0v) is 13.1. The highest BCUT2D eigenvalue weighted by Gasteiger charge is 2.46. The Bertz CT molecular complexity index is 858. The van der Waals surface area contributed by atoms with Crippen LogP contribution in [0.25, 0.3) is 6.08 Å². The standard InChI is InChI=1S/C18H13F3N2O2/c1-25-15-10-6-5-7-12(15)11-14-16(18(19,20)21)22-23(17(14)24)13-8-3-2-4-9-13/h2-11H,1H3/b14-11-. The van der Waals surface area contributed by atoms with E-state index in [1.807, 2.05) is 0 Å². The molecule has 1 aliphatic heterocycles. The van der Waals surface area contributed by atoms with Crippen LogP contribution in [0.5, 0.6) is 5.75 Å². The lowest BCUT2D eigenvalue weighted by atomic mass is 10.1. The first-order chi connectivity index (χ1) is 11.9. The Balaban J connectivity index is 2.11. The first-order valence-corrected chi connectivity index (χ1v) is 7.32. The first kappa shape index (κ1) is 16.8. The van der Waals surface area contributed by atoms with Crippen molar-refractivity contribution in [1.29, 1.82) is 0 Å². The van der Waals surface area contributed by atoms with Crippen molar-refractivity contribution in [2.75, 3.05) is 12.1 Å². The number of ether oxygens (including phenoxy) is 1. The molecule has 3 rings (SSSR count). The smallest absolute Gasteiger partial charge is 0.435 e. The number of hydrazone groups is 1. The lowest BCUT2D eigenvalue weighted by Crippen LogP contribution is -2.25. The van der Waals surface area contributed by atoms with Gasteiger partial charge >= 0.3 is 6.18 Å². The average Bonchev–Trinajstić information content (AvgIpc) is 2.93. The van der Waals surface area contributed by atoms with Crippen molar-refractivity contribution in [3.05, 3.63) is 65.7 Å². The highest BCUT2D eigenvalue weighted by atomic mass is 19.4. The van der Waals surface area contributed by atoms with Crippen molar-refractivity contribution in [2.24, 2.45) is 5.10 Å². The number of hydrogen-bond donors (Lipinski definition) is 0. The van der Waals surface area contributed by atoms with Crippen LogP contribution in [0.1, 0.15) is 5.56 Å². The number of carbonyl (C=O) groups is 1. The monoisotopic (exact) mass is 346 g/mol. The highest BCUT2D eigenvalue weighted by Crippen LogP contribution is 2.33. The molecule has 0 bridgehead atoms. The summed E-state index contributed by atoms with van der Waals surface area (Å²) >= 11 is 0. The number of methoxy groups -OCH3 is 1. The lowest BCUT2D eigenvalue weighted by molar-refractivity contribution is -0.114. The Morgan fingerprint density at radius 3 is 2.32 bits per heavy atom. The van der Waals surface area contributed by atoms with Gasteiger partial charge in [-0.05, 0) is 24.3 Å². The van der Waals surface area contributed by atoms with E-state index in [0.29, 0.717) is 11.3 Å². The van der Waals surface area contributed by atoms with E-state index in [1.54, 1.807) is 42.5 Å². The molecule has 7 heteroatoms. The minimum atomic E-state index is -4.76. The molecule has 0 aromatic heterocycles. The van der Waals surface area contributed by atoms with E-state index in [1.165, 1.54) is 19.2 Å². The molecule has 0 N–H and O–H groups in total. The van der Waals surface area contributed by atoms with Crippen molar-refractivity contribution in [3.63, 3.8) is 0 Å². The van der Waals surface area contributed by atoms with E-state index in [-0.39, 0.29) is 5.69 Å². The third-order valence-corrected chi connectivity index (χ3v) is 3.59. The lowest BCUT2D eigenvalue weighted by Gasteiger charge is -2.11. The fraction of sp³-hybridized carbons (Fsp3) is 0.111. The molecule has 0 saturated heterocycles. The summed E-state index contributed by atoms with van der Waals surface area (Å²) in [5.41, 5.74) is -1.13. The highest BCUT2D eigenvalue weighted by molar-refractivity contribution is 6.34. The molecule has 0 aliphatic carbocycles. The van der Waals surface area contributed by atoms with Gasteiger partial charge in [0, 0.05) is 5.56 Å². The first-order valence-electron chi connectivity index (χ1n) is 7.32. The molecular formula is C18H13F3N2O2. The second-order valence-corrected chi connectivity index (χ2v) is 5.20. The van der Waals surface area contributed by atoms with E-state index in [2.05, 4.69) is 5.10 Å². The maximum Gasteiger partial charge on any atom is 0.435 e. The van der Waals surface area contributed by atoms with E-state index in [9.17, 15) is 18.0 Å². The predicted molar refractivity (Wildman–Crippen MR) is 88.4 cm³/mol. The van der Waals surface area contributed by atoms with Gasteiger partial charge in [0.25, 0.3) is 5.91 Å². The largest absolute Gasteiger partial charge is 0.496 e. The molecule has 0 spiro atoms. The number of halogens is 3. The van der Waals surface area contributed by atoms with Gasteiger partial charge in [0.2, 0.25) is 0 Å². The van der Waals surface area contributed by atoms with Crippen molar-refractivity contribution >= 4 is 23.4 Å². The molecule has 2 aromatic carbocycles. The minimum Gasteiger partial charge on any atom is -0.496 e. The molecule has 1 amide bonds. The molecular weight excluding hydrogens is 333 g/mol. The summed E-state index contributed by atoms with van der Waals surface area (Å²) in [6, 6.07) is 14.5. The van der Waals surface area contributed by atoms with Crippen LogP contribution in [-0.4, -0.2) is 24.9 Å². The van der Waals surface area contributed by atoms with Crippen molar-refractivity contribution in [1.82, 2.24) is 0 Å². The van der Waals surface area contributed by atoms with Crippen molar-refractivity contribution < 1.29 is 22.7 Å². The number of para-hydroxylation sites is 2. The van der Waals surface area contributed by atoms with Gasteiger partial charge in [0.05, 0.1) is 18.4 Å². The predicted octanol–water partition coefficient (Wildman–Crippen LogP) is 4.04. The number of hydrogen-bond acceptors (Lipinski definition) is 3. The summed E-state index contributed by atoms with van der Waals surface area (Å²) < 4.78 is 45.3. The molecule has 2 aromatic rings. The fourth-order valence-electron chi connectivity index (χ4n) is 2.44. The molecule has 0 saturated carbocycles. The van der Waals surface area contributed by atoms with Gasteiger partial charge in [-0.2, -0.15) is 23.3 Å². The maximum atomic E-state index is 13.4. The minimum absolute atomic E-state index is 0.262. The number of rotatable bonds is 3. The second kappa shape index (κ2) is 6.43. The van der Waals surface area contributed by atoms with Crippen LogP contribution < -0.4 is 9.75 Å². The third kappa shape index (κ3) is 3.26. The van der Waals surface area contributed by atoms with Crippen LogP contribution in [0.4, 0.5) is 18.9 Å². The van der Waals surface area contributed by atoms with Gasteiger partial charge in [0.15, 0.2) is 5.71 Å². The summed E-state index contributed by atoms with van der Waals surface area (Å²) in [5, 5.41) is 4.26. The van der Waals surface area contributed by atoms with E-state index < -0.39 is 23.4 Å². The fourth-order valence-corrected chi connectivity index (χ4v) is 2.44. The third-order valence-electron chi connectivity index (χ3n) is 3.59. The quantitative estimate of drug-likeness (QED) is 0.787. The van der Waals surface area contributed by atoms with E-state index >= 15 is 0 Å². The number of anilines is 1. The average molecular weight is 346 g/mol. The van der Waals surface area contributed by atoms with Crippen LogP contribution in [0.2, 0.25) is 0 Å². The van der Waals surface area contributed by atoms with Crippen LogP contribution >= 0.6 is 0 Å². The summed E-state index contributed by atoms with van der Waals surface area (Å²) in [6.07, 6.45) is -3.61. The second-order valence-electron chi connectivity index (χ2n) is 5.20. The van der Waals surface area contributed by atoms with Gasteiger partial charge in [0.1, 0.15) is 5.75 Å². The Kier molecular flexibility index (Phi) is 4.31. The normalized spacial score (nSPS) is 16.3. The molecule has 0 radical (unpaired) electrons. The number of carbonyl (C=O) groups excluding carboxylic acids is 1. The topological polar surface area (TPSA) is 41.9 Å². The van der Waals surface area contributed by atoms with Crippen molar-refractivity contribution in [3.8, 4) is 5.75 Å². The number of nitrogens with zero attached hydrogens (tertiary/aromatic N) is 2. The van der Waals surface area contributed by atoms with Crippen LogP contribution in [0.15, 0.2) is 65.3 Å². The Morgan fingerprint density at radius 1 is 1.04 bits per heavy atom. The van der Waals surface area contributed by atoms with Gasteiger partial charge in [-0.1, -0.05) is 36.4 Å². The van der Waals surface area contributed by atoms with Crippen LogP contribution in [0.3, 0.4) is 0 Å². The Hall–Kier alpha value is -3.09. The SMILES string of the molecule is COc1ccccc1/C=C1\C(=O)N(c2ccccc2)N=C1C(F)(F)F. The number of amides is 1. The van der Waals surface area contributed by atoms with Gasteiger partial charge in [-0.3, -0.25) is 4.79 Å². The molecule has 25 heavy (non-hydrogen) atoms. The summed E-state index contributed by atoms with van der Waals surface area (Å²) in [7, 11) is 1.41. The van der Waals surface area contributed by atoms with Gasteiger partial charge in [-0.25, -0.2) is 0 Å². The van der Waals surface area contributed by atoms with Gasteiger partial charge in [-0.15, -0.1) is 0 Å². The van der Waals surface area contributed by atoms with E-state index in [0.717, 1.165) is 11.1 Å². The van der Waals surface area contributed by atoms with Crippen LogP contribution in [-0.2, 0) is 4.79 Å². The number of benzene rings is 2. The molecule has 1 aliphatic rings. The molecule has 0 fully saturated rings. The summed E-state index contributed by atoms with van der Waals surface area (Å²) in [5.74, 6) is -0.480. The Morgan fingerprint density at radius 2 is 1.68 bits per heavy atom. The van der Waals surface area contributed by atoms with Gasteiger partial charge < -0.3 is 4.74 Å². The van der Waals surface area contributed by atoms with Crippen molar-refractivity contribution in [2.45, 2.75) is 6.18 Å². The number of alkyl halides is 3. The summed E-state index contributed by atoms with van der Waals surface area (Å²) in [6.45, 7) is 0. The zero-order chi connectivity index (χ0) is 18.0. The molecule has 128 valence electrons. The zero-order valence-electron chi connectivity index (χ0n) is 13.1. The molecule has 4 nitrogen and oxygen atoms in total. The maximum absolute atomic E-state index is 13.4. The van der Waals surface area contributed by atoms with Crippen LogP contribution in [0, 0.1) is 0 Å². The molecule has 0 unspecified atom stereocenters.